The summed E-state index contributed by atoms with van der Waals surface area (Å²) in [6, 6.07) is 5.40. The quantitative estimate of drug-likeness (QED) is 0.304. The van der Waals surface area contributed by atoms with Gasteiger partial charge >= 0.3 is 0 Å². The lowest BCUT2D eigenvalue weighted by atomic mass is 10.1. The van der Waals surface area contributed by atoms with Gasteiger partial charge in [-0.15, -0.1) is 0 Å². The Balaban J connectivity index is 1.88. The van der Waals surface area contributed by atoms with E-state index in [1.54, 1.807) is 19.1 Å². The maximum atomic E-state index is 12.0. The van der Waals surface area contributed by atoms with E-state index in [-0.39, 0.29) is 16.0 Å². The molecule has 1 heterocycles. The molecule has 6 nitrogen and oxygen atoms in total. The van der Waals surface area contributed by atoms with E-state index in [2.05, 4.69) is 22.2 Å². The number of aromatic amines is 1. The van der Waals surface area contributed by atoms with Crippen LogP contribution in [0.4, 0.5) is 0 Å². The van der Waals surface area contributed by atoms with Gasteiger partial charge in [0.15, 0.2) is 0 Å². The normalized spacial score (nSPS) is 11.2. The highest BCUT2D eigenvalue weighted by Crippen LogP contribution is 2.22. The summed E-state index contributed by atoms with van der Waals surface area (Å²) >= 11 is 11.4. The van der Waals surface area contributed by atoms with Crippen molar-refractivity contribution in [2.75, 3.05) is 6.61 Å². The first-order valence-corrected chi connectivity index (χ1v) is 10.5. The smallest absolute Gasteiger partial charge is 0.296 e. The third-order valence-electron chi connectivity index (χ3n) is 4.31. The van der Waals surface area contributed by atoms with Crippen molar-refractivity contribution in [1.82, 2.24) is 14.9 Å². The van der Waals surface area contributed by atoms with Crippen LogP contribution in [-0.2, 0) is 0 Å². The molecular weight excluding hydrogens is 396 g/mol. The maximum absolute atomic E-state index is 12.0. The molecule has 2 aromatic rings. The predicted octanol–water partition coefficient (Wildman–Crippen LogP) is 5.27. The van der Waals surface area contributed by atoms with Gasteiger partial charge in [-0.2, -0.15) is 14.9 Å². The van der Waals surface area contributed by atoms with Crippen molar-refractivity contribution in [1.29, 1.82) is 0 Å². The van der Waals surface area contributed by atoms with Gasteiger partial charge in [-0.1, -0.05) is 57.0 Å². The van der Waals surface area contributed by atoms with Gasteiger partial charge in [-0.25, -0.2) is 0 Å². The summed E-state index contributed by atoms with van der Waals surface area (Å²) in [6.45, 7) is 4.49. The van der Waals surface area contributed by atoms with E-state index >= 15 is 0 Å². The van der Waals surface area contributed by atoms with Gasteiger partial charge in [0.2, 0.25) is 4.77 Å². The zero-order valence-electron chi connectivity index (χ0n) is 16.4. The zero-order valence-corrected chi connectivity index (χ0v) is 18.0. The molecule has 8 heteroatoms. The number of unbranched alkanes of at least 4 members (excludes halogenated alkanes) is 6. The van der Waals surface area contributed by atoms with Crippen molar-refractivity contribution in [3.8, 4) is 5.75 Å². The fourth-order valence-corrected chi connectivity index (χ4v) is 3.04. The van der Waals surface area contributed by atoms with Crippen molar-refractivity contribution in [2.45, 2.75) is 58.8 Å². The van der Waals surface area contributed by atoms with E-state index in [0.29, 0.717) is 17.2 Å². The highest BCUT2D eigenvalue weighted by atomic mass is 35.5. The first-order valence-electron chi connectivity index (χ1n) is 9.68. The molecule has 0 atom stereocenters. The van der Waals surface area contributed by atoms with Crippen LogP contribution in [0.3, 0.4) is 0 Å². The number of hydrogen-bond acceptors (Lipinski definition) is 5. The molecule has 0 radical (unpaired) electrons. The van der Waals surface area contributed by atoms with Gasteiger partial charge in [0, 0.05) is 5.56 Å². The first kappa shape index (κ1) is 22.3. The lowest BCUT2D eigenvalue weighted by Crippen LogP contribution is -2.22. The second-order valence-corrected chi connectivity index (χ2v) is 7.42. The van der Waals surface area contributed by atoms with Crippen molar-refractivity contribution in [3.63, 3.8) is 0 Å². The predicted molar refractivity (Wildman–Crippen MR) is 116 cm³/mol. The number of H-pyrrole nitrogens is 1. The van der Waals surface area contributed by atoms with Gasteiger partial charge in [-0.05, 0) is 43.8 Å². The monoisotopic (exact) mass is 422 g/mol. The zero-order chi connectivity index (χ0) is 20.4. The summed E-state index contributed by atoms with van der Waals surface area (Å²) in [5, 5.41) is 11.0. The van der Waals surface area contributed by atoms with Gasteiger partial charge in [0.1, 0.15) is 11.4 Å². The minimum atomic E-state index is -0.370. The summed E-state index contributed by atoms with van der Waals surface area (Å²) < 4.78 is 6.98. The van der Waals surface area contributed by atoms with Crippen LogP contribution in [0.25, 0.3) is 0 Å². The van der Waals surface area contributed by atoms with Crippen molar-refractivity contribution in [3.05, 3.63) is 49.6 Å². The van der Waals surface area contributed by atoms with Crippen LogP contribution in [-0.4, -0.2) is 27.7 Å². The molecule has 1 aromatic carbocycles. The third kappa shape index (κ3) is 6.87. The van der Waals surface area contributed by atoms with E-state index in [1.807, 2.05) is 6.07 Å². The number of aromatic nitrogens is 3. The van der Waals surface area contributed by atoms with Gasteiger partial charge in [-0.3, -0.25) is 9.89 Å². The Morgan fingerprint density at radius 2 is 1.96 bits per heavy atom. The topological polar surface area (TPSA) is 72.3 Å². The molecule has 2 rings (SSSR count). The van der Waals surface area contributed by atoms with Crippen LogP contribution in [0.1, 0.15) is 63.1 Å². The Morgan fingerprint density at radius 1 is 1.25 bits per heavy atom. The Morgan fingerprint density at radius 3 is 2.68 bits per heavy atom. The van der Waals surface area contributed by atoms with E-state index in [4.69, 9.17) is 28.6 Å². The summed E-state index contributed by atoms with van der Waals surface area (Å²) in [7, 11) is 0. The number of nitrogens with zero attached hydrogens (tertiary/aromatic N) is 3. The number of nitrogens with one attached hydrogen (secondary N) is 1. The van der Waals surface area contributed by atoms with Crippen LogP contribution in [0, 0.1) is 11.7 Å². The molecule has 0 spiro atoms. The Labute approximate surface area is 175 Å². The SMILES string of the molecule is CCCCCCCCCOc1ccc(/C=N\n2c(=S)[nH]nc(C)c2=O)c(Cl)c1. The number of benzene rings is 1. The van der Waals surface area contributed by atoms with Crippen LogP contribution >= 0.6 is 23.8 Å². The van der Waals surface area contributed by atoms with Crippen molar-refractivity contribution in [2.24, 2.45) is 5.10 Å². The second-order valence-electron chi connectivity index (χ2n) is 6.63. The van der Waals surface area contributed by atoms with Gasteiger partial charge in [0.05, 0.1) is 17.8 Å². The summed E-state index contributed by atoms with van der Waals surface area (Å²) in [6.07, 6.45) is 10.2. The molecule has 0 aliphatic heterocycles. The standard InChI is InChI=1S/C20H27ClN4O2S/c1-3-4-5-6-7-8-9-12-27-17-11-10-16(18(21)13-17)14-22-25-19(26)15(2)23-24-20(25)28/h10-11,13-14H,3-9,12H2,1-2H3,(H,24,28)/b22-14-. The number of halogens is 1. The van der Waals surface area contributed by atoms with E-state index in [9.17, 15) is 4.79 Å². The van der Waals surface area contributed by atoms with Crippen LogP contribution in [0.2, 0.25) is 5.02 Å². The average molecular weight is 423 g/mol. The van der Waals surface area contributed by atoms with Crippen LogP contribution in [0.15, 0.2) is 28.1 Å². The Bertz CT molecular complexity index is 908. The molecule has 152 valence electrons. The highest BCUT2D eigenvalue weighted by molar-refractivity contribution is 7.71. The number of aryl methyl sites for hydroxylation is 1. The largest absolute Gasteiger partial charge is 0.494 e. The molecule has 1 aromatic heterocycles. The fourth-order valence-electron chi connectivity index (χ4n) is 2.65. The Kier molecular flexibility index (Phi) is 9.37. The van der Waals surface area contributed by atoms with E-state index in [1.165, 1.54) is 44.7 Å². The molecule has 0 unspecified atom stereocenters. The molecule has 0 fully saturated rings. The minimum absolute atomic E-state index is 0.123. The molecule has 0 aliphatic carbocycles. The lowest BCUT2D eigenvalue weighted by Gasteiger charge is -2.08. The molecule has 0 saturated carbocycles. The third-order valence-corrected chi connectivity index (χ3v) is 4.91. The minimum Gasteiger partial charge on any atom is -0.494 e. The number of hydrogen-bond donors (Lipinski definition) is 1. The van der Waals surface area contributed by atoms with Crippen LogP contribution in [0.5, 0.6) is 5.75 Å². The van der Waals surface area contributed by atoms with Crippen LogP contribution < -0.4 is 10.3 Å². The molecule has 28 heavy (non-hydrogen) atoms. The number of rotatable bonds is 11. The summed E-state index contributed by atoms with van der Waals surface area (Å²) in [5.74, 6) is 0.724. The van der Waals surface area contributed by atoms with Gasteiger partial charge < -0.3 is 4.74 Å². The highest BCUT2D eigenvalue weighted by Gasteiger charge is 2.04. The van der Waals surface area contributed by atoms with E-state index < -0.39 is 0 Å². The molecule has 1 N–H and O–H groups in total. The Hall–Kier alpha value is -1.99. The second kappa shape index (κ2) is 11.8. The lowest BCUT2D eigenvalue weighted by molar-refractivity contribution is 0.304. The maximum Gasteiger partial charge on any atom is 0.296 e. The molecule has 0 saturated heterocycles. The van der Waals surface area contributed by atoms with Gasteiger partial charge in [0.25, 0.3) is 5.56 Å². The molecule has 0 aliphatic rings. The molecule has 0 bridgehead atoms. The molecule has 0 amide bonds. The average Bonchev–Trinajstić information content (AvgIpc) is 2.68. The summed E-state index contributed by atoms with van der Waals surface area (Å²) in [5.41, 5.74) is 0.581. The van der Waals surface area contributed by atoms with Crippen molar-refractivity contribution < 1.29 is 4.74 Å². The molecular formula is C20H27ClN4O2S. The summed E-state index contributed by atoms with van der Waals surface area (Å²) in [4.78, 5) is 12.0. The fraction of sp³-hybridized carbons (Fsp3) is 0.500. The van der Waals surface area contributed by atoms with Crippen molar-refractivity contribution >= 4 is 30.0 Å². The van der Waals surface area contributed by atoms with E-state index in [0.717, 1.165) is 16.8 Å². The first-order chi connectivity index (χ1) is 13.5. The number of ether oxygens (including phenoxy) is 1.